The third-order valence-electron chi connectivity index (χ3n) is 2.49. The predicted octanol–water partition coefficient (Wildman–Crippen LogP) is 4.40. The zero-order chi connectivity index (χ0) is 16.3. The van der Waals surface area contributed by atoms with Crippen molar-refractivity contribution in [2.75, 3.05) is 4.72 Å². The number of benzene rings is 2. The normalized spacial score (nSPS) is 11.5. The second kappa shape index (κ2) is 6.68. The molecule has 0 amide bonds. The van der Waals surface area contributed by atoms with E-state index in [0.29, 0.717) is 0 Å². The van der Waals surface area contributed by atoms with Gasteiger partial charge in [-0.2, -0.15) is 8.78 Å². The molecule has 0 aliphatic heterocycles. The highest BCUT2D eigenvalue weighted by Gasteiger charge is 2.19. The first kappa shape index (κ1) is 16.8. The molecule has 2 aromatic rings. The molecule has 22 heavy (non-hydrogen) atoms. The van der Waals surface area contributed by atoms with Crippen molar-refractivity contribution in [2.45, 2.75) is 11.5 Å². The Kier molecular flexibility index (Phi) is 5.10. The van der Waals surface area contributed by atoms with Gasteiger partial charge in [-0.25, -0.2) is 8.42 Å². The van der Waals surface area contributed by atoms with Crippen molar-refractivity contribution in [2.24, 2.45) is 0 Å². The zero-order valence-corrected chi connectivity index (χ0v) is 13.1. The third-order valence-corrected chi connectivity index (χ3v) is 4.28. The molecule has 0 fully saturated rings. The van der Waals surface area contributed by atoms with E-state index in [1.165, 1.54) is 42.5 Å². The van der Waals surface area contributed by atoms with Crippen LogP contribution in [-0.2, 0) is 10.0 Å². The van der Waals surface area contributed by atoms with Crippen LogP contribution in [0, 0.1) is 0 Å². The summed E-state index contributed by atoms with van der Waals surface area (Å²) >= 11 is 11.5. The van der Waals surface area contributed by atoms with Gasteiger partial charge in [0.2, 0.25) is 0 Å². The second-order valence-corrected chi connectivity index (χ2v) is 6.64. The average molecular weight is 368 g/mol. The molecule has 0 aromatic heterocycles. The van der Waals surface area contributed by atoms with Gasteiger partial charge >= 0.3 is 6.61 Å². The summed E-state index contributed by atoms with van der Waals surface area (Å²) < 4.78 is 55.6. The molecule has 0 radical (unpaired) electrons. The van der Waals surface area contributed by atoms with Crippen molar-refractivity contribution in [1.29, 1.82) is 0 Å². The summed E-state index contributed by atoms with van der Waals surface area (Å²) in [6, 6.07) is 9.16. The summed E-state index contributed by atoms with van der Waals surface area (Å²) in [6.07, 6.45) is 0. The Morgan fingerprint density at radius 2 is 1.64 bits per heavy atom. The Morgan fingerprint density at radius 3 is 2.23 bits per heavy atom. The topological polar surface area (TPSA) is 55.4 Å². The number of alkyl halides is 2. The molecule has 9 heteroatoms. The fraction of sp³-hybridized carbons (Fsp3) is 0.0769. The molecule has 2 aromatic carbocycles. The highest BCUT2D eigenvalue weighted by atomic mass is 35.5. The summed E-state index contributed by atoms with van der Waals surface area (Å²) in [5.41, 5.74) is -0.126. The number of sulfonamides is 1. The third kappa shape index (κ3) is 4.22. The van der Waals surface area contributed by atoms with Crippen molar-refractivity contribution >= 4 is 38.9 Å². The molecule has 0 unspecified atom stereocenters. The van der Waals surface area contributed by atoms with Crippen LogP contribution in [0.2, 0.25) is 10.0 Å². The molecule has 0 aliphatic rings. The minimum atomic E-state index is -4.06. The summed E-state index contributed by atoms with van der Waals surface area (Å²) in [4.78, 5) is -0.197. The molecule has 1 N–H and O–H groups in total. The molecule has 0 spiro atoms. The monoisotopic (exact) mass is 367 g/mol. The number of anilines is 1. The van der Waals surface area contributed by atoms with Gasteiger partial charge in [0.05, 0.1) is 10.6 Å². The quantitative estimate of drug-likeness (QED) is 0.852. The van der Waals surface area contributed by atoms with E-state index in [1.807, 2.05) is 0 Å². The molecule has 4 nitrogen and oxygen atoms in total. The molecule has 118 valence electrons. The standard InChI is InChI=1S/C13H9Cl2F2NO3S/c14-8-5-9(15)7-10(6-8)22(19,20)18-11-3-1-2-4-12(11)21-13(16)17/h1-7,13,18H. The Morgan fingerprint density at radius 1 is 1.05 bits per heavy atom. The molecule has 0 saturated carbocycles. The Bertz CT molecular complexity index is 764. The number of para-hydroxylation sites is 2. The van der Waals surface area contributed by atoms with Crippen LogP contribution in [0.25, 0.3) is 0 Å². The van der Waals surface area contributed by atoms with E-state index < -0.39 is 16.6 Å². The van der Waals surface area contributed by atoms with Crippen molar-refractivity contribution in [3.63, 3.8) is 0 Å². The van der Waals surface area contributed by atoms with Crippen LogP contribution in [0.4, 0.5) is 14.5 Å². The molecule has 2 rings (SSSR count). The Balaban J connectivity index is 2.37. The number of ether oxygens (including phenoxy) is 1. The van der Waals surface area contributed by atoms with Gasteiger partial charge in [0.15, 0.2) is 0 Å². The lowest BCUT2D eigenvalue weighted by Gasteiger charge is -2.13. The maximum Gasteiger partial charge on any atom is 0.387 e. The number of nitrogens with one attached hydrogen (secondary N) is 1. The molecule has 0 atom stereocenters. The average Bonchev–Trinajstić information content (AvgIpc) is 2.39. The van der Waals surface area contributed by atoms with Gasteiger partial charge < -0.3 is 4.74 Å². The van der Waals surface area contributed by atoms with Crippen molar-refractivity contribution in [1.82, 2.24) is 0 Å². The van der Waals surface area contributed by atoms with Gasteiger partial charge in [0, 0.05) is 10.0 Å². The van der Waals surface area contributed by atoms with Gasteiger partial charge in [-0.1, -0.05) is 35.3 Å². The molecule has 0 aliphatic carbocycles. The van der Waals surface area contributed by atoms with Crippen LogP contribution in [0.1, 0.15) is 0 Å². The zero-order valence-electron chi connectivity index (χ0n) is 10.8. The van der Waals surface area contributed by atoms with Crippen LogP contribution in [0.3, 0.4) is 0 Å². The van der Waals surface area contributed by atoms with E-state index in [0.717, 1.165) is 0 Å². The van der Waals surface area contributed by atoms with Crippen LogP contribution in [0.15, 0.2) is 47.4 Å². The fourth-order valence-electron chi connectivity index (χ4n) is 1.64. The van der Waals surface area contributed by atoms with Crippen LogP contribution < -0.4 is 9.46 Å². The highest BCUT2D eigenvalue weighted by Crippen LogP contribution is 2.29. The van der Waals surface area contributed by atoms with Gasteiger partial charge in [-0.05, 0) is 30.3 Å². The fourth-order valence-corrected chi connectivity index (χ4v) is 3.43. The number of rotatable bonds is 5. The Hall–Kier alpha value is -1.57. The Labute approximate surface area is 135 Å². The van der Waals surface area contributed by atoms with E-state index in [9.17, 15) is 17.2 Å². The summed E-state index contributed by atoms with van der Waals surface area (Å²) in [5.74, 6) is -0.297. The van der Waals surface area contributed by atoms with E-state index >= 15 is 0 Å². The van der Waals surface area contributed by atoms with Crippen molar-refractivity contribution < 1.29 is 21.9 Å². The van der Waals surface area contributed by atoms with E-state index in [1.54, 1.807) is 0 Å². The smallest absolute Gasteiger partial charge is 0.387 e. The van der Waals surface area contributed by atoms with Crippen LogP contribution in [-0.4, -0.2) is 15.0 Å². The molecule has 0 bridgehead atoms. The largest absolute Gasteiger partial charge is 0.433 e. The second-order valence-electron chi connectivity index (χ2n) is 4.09. The van der Waals surface area contributed by atoms with E-state index in [4.69, 9.17) is 23.2 Å². The first-order chi connectivity index (χ1) is 10.3. The van der Waals surface area contributed by atoms with Crippen LogP contribution >= 0.6 is 23.2 Å². The summed E-state index contributed by atoms with van der Waals surface area (Å²) in [6.45, 7) is -3.08. The summed E-state index contributed by atoms with van der Waals surface area (Å²) in [7, 11) is -4.06. The van der Waals surface area contributed by atoms with Gasteiger partial charge in [-0.15, -0.1) is 0 Å². The number of hydrogen-bond acceptors (Lipinski definition) is 3. The van der Waals surface area contributed by atoms with E-state index in [-0.39, 0.29) is 26.4 Å². The molecular formula is C13H9Cl2F2NO3S. The van der Waals surface area contributed by atoms with Gasteiger partial charge in [0.25, 0.3) is 10.0 Å². The first-order valence-corrected chi connectivity index (χ1v) is 8.04. The lowest BCUT2D eigenvalue weighted by Crippen LogP contribution is -2.14. The van der Waals surface area contributed by atoms with E-state index in [2.05, 4.69) is 9.46 Å². The van der Waals surface area contributed by atoms with Crippen molar-refractivity contribution in [3.05, 3.63) is 52.5 Å². The number of hydrogen-bond donors (Lipinski definition) is 1. The minimum Gasteiger partial charge on any atom is -0.433 e. The predicted molar refractivity (Wildman–Crippen MR) is 80.3 cm³/mol. The van der Waals surface area contributed by atoms with Gasteiger partial charge in [-0.3, -0.25) is 4.72 Å². The first-order valence-electron chi connectivity index (χ1n) is 5.81. The van der Waals surface area contributed by atoms with Crippen molar-refractivity contribution in [3.8, 4) is 5.75 Å². The highest BCUT2D eigenvalue weighted by molar-refractivity contribution is 7.92. The SMILES string of the molecule is O=S(=O)(Nc1ccccc1OC(F)F)c1cc(Cl)cc(Cl)c1. The summed E-state index contributed by atoms with van der Waals surface area (Å²) in [5, 5.41) is 0.259. The molecule has 0 saturated heterocycles. The molecule has 0 heterocycles. The molecular weight excluding hydrogens is 359 g/mol. The number of halogens is 4. The maximum absolute atomic E-state index is 12.3. The van der Waals surface area contributed by atoms with Gasteiger partial charge in [0.1, 0.15) is 5.75 Å². The lowest BCUT2D eigenvalue weighted by atomic mass is 10.3. The maximum atomic E-state index is 12.3. The minimum absolute atomic E-state index is 0.126. The lowest BCUT2D eigenvalue weighted by molar-refractivity contribution is -0.0493. The van der Waals surface area contributed by atoms with Crippen LogP contribution in [0.5, 0.6) is 5.75 Å².